The predicted octanol–water partition coefficient (Wildman–Crippen LogP) is 4.35. The molecule has 0 saturated heterocycles. The van der Waals surface area contributed by atoms with Crippen LogP contribution >= 0.6 is 24.0 Å². The molecule has 0 aliphatic carbocycles. The van der Waals surface area contributed by atoms with Gasteiger partial charge in [0.2, 0.25) is 0 Å². The van der Waals surface area contributed by atoms with Crippen molar-refractivity contribution in [2.45, 2.75) is 39.5 Å². The van der Waals surface area contributed by atoms with Gasteiger partial charge in [-0.25, -0.2) is 0 Å². The minimum atomic E-state index is -0.219. The van der Waals surface area contributed by atoms with Crippen LogP contribution in [-0.2, 0) is 13.1 Å². The minimum absolute atomic E-state index is 0. The van der Waals surface area contributed by atoms with Crippen molar-refractivity contribution < 1.29 is 4.74 Å². The quantitative estimate of drug-likeness (QED) is 0.402. The summed E-state index contributed by atoms with van der Waals surface area (Å²) in [6.45, 7) is 7.55. The summed E-state index contributed by atoms with van der Waals surface area (Å²) in [6, 6.07) is 18.4. The van der Waals surface area contributed by atoms with Crippen LogP contribution in [0.1, 0.15) is 31.9 Å². The second kappa shape index (κ2) is 10.3. The van der Waals surface area contributed by atoms with Crippen LogP contribution in [0, 0.1) is 0 Å². The summed E-state index contributed by atoms with van der Waals surface area (Å²) < 4.78 is 6.03. The zero-order chi connectivity index (χ0) is 17.4. The van der Waals surface area contributed by atoms with Gasteiger partial charge in [0.15, 0.2) is 5.96 Å². The molecule has 0 atom stereocenters. The second-order valence-corrected chi connectivity index (χ2v) is 6.59. The number of guanidine groups is 1. The number of hydrogen-bond acceptors (Lipinski definition) is 2. The van der Waals surface area contributed by atoms with E-state index >= 15 is 0 Å². The van der Waals surface area contributed by atoms with E-state index in [1.54, 1.807) is 7.05 Å². The Bertz CT molecular complexity index is 666. The van der Waals surface area contributed by atoms with Crippen molar-refractivity contribution in [2.75, 3.05) is 7.05 Å². The Hall–Kier alpha value is -1.76. The maximum Gasteiger partial charge on any atom is 0.191 e. The van der Waals surface area contributed by atoms with Gasteiger partial charge in [0.25, 0.3) is 0 Å². The summed E-state index contributed by atoms with van der Waals surface area (Å²) in [5.74, 6) is 1.67. The number of nitrogens with one attached hydrogen (secondary N) is 2. The summed E-state index contributed by atoms with van der Waals surface area (Å²) in [4.78, 5) is 4.28. The van der Waals surface area contributed by atoms with E-state index in [2.05, 4.69) is 54.6 Å². The molecule has 2 aromatic rings. The molecule has 0 heterocycles. The molecule has 2 rings (SSSR count). The van der Waals surface area contributed by atoms with Gasteiger partial charge in [-0.2, -0.15) is 0 Å². The zero-order valence-electron chi connectivity index (χ0n) is 15.4. The number of aliphatic imine (C=N–C) groups is 1. The lowest BCUT2D eigenvalue weighted by Gasteiger charge is -2.23. The van der Waals surface area contributed by atoms with Gasteiger partial charge in [0, 0.05) is 25.7 Å². The summed E-state index contributed by atoms with van der Waals surface area (Å²) in [6.07, 6.45) is 0. The van der Waals surface area contributed by atoms with Crippen molar-refractivity contribution >= 4 is 29.9 Å². The number of hydrogen-bond donors (Lipinski definition) is 2. The number of para-hydroxylation sites is 1. The van der Waals surface area contributed by atoms with E-state index < -0.39 is 0 Å². The van der Waals surface area contributed by atoms with Crippen molar-refractivity contribution in [1.29, 1.82) is 0 Å². The Kier molecular flexibility index (Phi) is 8.75. The molecule has 136 valence electrons. The van der Waals surface area contributed by atoms with Crippen LogP contribution in [0.25, 0.3) is 0 Å². The van der Waals surface area contributed by atoms with Crippen LogP contribution in [0.15, 0.2) is 59.6 Å². The maximum atomic E-state index is 6.03. The Morgan fingerprint density at radius 1 is 0.920 bits per heavy atom. The van der Waals surface area contributed by atoms with Gasteiger partial charge < -0.3 is 15.4 Å². The third-order valence-electron chi connectivity index (χ3n) is 3.36. The molecule has 25 heavy (non-hydrogen) atoms. The van der Waals surface area contributed by atoms with Gasteiger partial charge in [-0.3, -0.25) is 4.99 Å². The molecule has 0 fully saturated rings. The molecule has 0 bridgehead atoms. The van der Waals surface area contributed by atoms with E-state index in [1.807, 2.05) is 36.4 Å². The van der Waals surface area contributed by atoms with Gasteiger partial charge in [-0.15, -0.1) is 24.0 Å². The number of halogens is 1. The number of rotatable bonds is 5. The standard InChI is InChI=1S/C20H27N3O.HI/c1-20(2,3)24-18-13-9-8-12-17(18)15-23-19(21-4)22-14-16-10-6-5-7-11-16;/h5-13H,14-15H2,1-4H3,(H2,21,22,23);1H. The lowest BCUT2D eigenvalue weighted by atomic mass is 10.1. The molecular formula is C20H28IN3O. The second-order valence-electron chi connectivity index (χ2n) is 6.59. The summed E-state index contributed by atoms with van der Waals surface area (Å²) >= 11 is 0. The highest BCUT2D eigenvalue weighted by atomic mass is 127. The first kappa shape index (κ1) is 21.3. The van der Waals surface area contributed by atoms with Crippen LogP contribution in [0.3, 0.4) is 0 Å². The highest BCUT2D eigenvalue weighted by molar-refractivity contribution is 14.0. The zero-order valence-corrected chi connectivity index (χ0v) is 17.7. The van der Waals surface area contributed by atoms with Crippen LogP contribution < -0.4 is 15.4 Å². The average Bonchev–Trinajstić information content (AvgIpc) is 2.56. The average molecular weight is 453 g/mol. The molecule has 2 N–H and O–H groups in total. The fourth-order valence-electron chi connectivity index (χ4n) is 2.26. The predicted molar refractivity (Wildman–Crippen MR) is 116 cm³/mol. The lowest BCUT2D eigenvalue weighted by molar-refractivity contribution is 0.129. The Labute approximate surface area is 168 Å². The van der Waals surface area contributed by atoms with Gasteiger partial charge >= 0.3 is 0 Å². The van der Waals surface area contributed by atoms with Gasteiger partial charge in [0.05, 0.1) is 0 Å². The van der Waals surface area contributed by atoms with Gasteiger partial charge in [-0.05, 0) is 32.4 Å². The maximum absolute atomic E-state index is 6.03. The Morgan fingerprint density at radius 3 is 2.16 bits per heavy atom. The number of ether oxygens (including phenoxy) is 1. The molecule has 4 nitrogen and oxygen atoms in total. The van der Waals surface area contributed by atoms with E-state index in [0.29, 0.717) is 6.54 Å². The van der Waals surface area contributed by atoms with E-state index in [4.69, 9.17) is 4.74 Å². The van der Waals surface area contributed by atoms with Crippen LogP contribution in [-0.4, -0.2) is 18.6 Å². The normalized spacial score (nSPS) is 11.4. The molecule has 0 aliphatic rings. The number of nitrogens with zero attached hydrogens (tertiary/aromatic N) is 1. The van der Waals surface area contributed by atoms with Crippen LogP contribution in [0.2, 0.25) is 0 Å². The molecule has 0 saturated carbocycles. The Morgan fingerprint density at radius 2 is 1.52 bits per heavy atom. The molecule has 0 aromatic heterocycles. The van der Waals surface area contributed by atoms with Crippen molar-refractivity contribution in [3.8, 4) is 5.75 Å². The van der Waals surface area contributed by atoms with Crippen molar-refractivity contribution in [3.63, 3.8) is 0 Å². The third kappa shape index (κ3) is 7.77. The Balaban J connectivity index is 0.00000312. The minimum Gasteiger partial charge on any atom is -0.488 e. The van der Waals surface area contributed by atoms with Crippen LogP contribution in [0.4, 0.5) is 0 Å². The SMILES string of the molecule is CN=C(NCc1ccccc1)NCc1ccccc1OC(C)(C)C.I. The van der Waals surface area contributed by atoms with E-state index in [9.17, 15) is 0 Å². The fourth-order valence-corrected chi connectivity index (χ4v) is 2.26. The van der Waals surface area contributed by atoms with Crippen molar-refractivity contribution in [1.82, 2.24) is 10.6 Å². The first-order valence-electron chi connectivity index (χ1n) is 8.23. The highest BCUT2D eigenvalue weighted by Crippen LogP contribution is 2.22. The van der Waals surface area contributed by atoms with E-state index in [0.717, 1.165) is 23.8 Å². The molecule has 2 aromatic carbocycles. The highest BCUT2D eigenvalue weighted by Gasteiger charge is 2.14. The fraction of sp³-hybridized carbons (Fsp3) is 0.350. The first-order valence-corrected chi connectivity index (χ1v) is 8.23. The molecule has 0 radical (unpaired) electrons. The summed E-state index contributed by atoms with van der Waals surface area (Å²) in [7, 11) is 1.78. The summed E-state index contributed by atoms with van der Waals surface area (Å²) in [5, 5.41) is 6.66. The number of benzene rings is 2. The molecule has 0 aliphatic heterocycles. The van der Waals surface area contributed by atoms with E-state index in [-0.39, 0.29) is 29.6 Å². The molecule has 0 amide bonds. The topological polar surface area (TPSA) is 45.7 Å². The van der Waals surface area contributed by atoms with Gasteiger partial charge in [0.1, 0.15) is 11.4 Å². The van der Waals surface area contributed by atoms with E-state index in [1.165, 1.54) is 5.56 Å². The molecule has 0 spiro atoms. The van der Waals surface area contributed by atoms with Crippen LogP contribution in [0.5, 0.6) is 5.75 Å². The molecule has 5 heteroatoms. The summed E-state index contributed by atoms with van der Waals surface area (Å²) in [5.41, 5.74) is 2.11. The van der Waals surface area contributed by atoms with Gasteiger partial charge in [-0.1, -0.05) is 48.5 Å². The first-order chi connectivity index (χ1) is 11.5. The molecule has 0 unspecified atom stereocenters. The monoisotopic (exact) mass is 453 g/mol. The lowest BCUT2D eigenvalue weighted by Crippen LogP contribution is -2.36. The van der Waals surface area contributed by atoms with Crippen molar-refractivity contribution in [3.05, 3.63) is 65.7 Å². The van der Waals surface area contributed by atoms with Crippen molar-refractivity contribution in [2.24, 2.45) is 4.99 Å². The largest absolute Gasteiger partial charge is 0.488 e. The molecular weight excluding hydrogens is 425 g/mol. The smallest absolute Gasteiger partial charge is 0.191 e. The third-order valence-corrected chi connectivity index (χ3v) is 3.36.